The minimum Gasteiger partial charge on any atom is -0.274 e. The highest BCUT2D eigenvalue weighted by molar-refractivity contribution is 7.90. The molecule has 8 heteroatoms. The van der Waals surface area contributed by atoms with Crippen LogP contribution in [-0.4, -0.2) is 23.1 Å². The molecule has 1 heterocycles. The number of benzene rings is 1. The molecule has 6 nitrogen and oxygen atoms in total. The standard InChI is InChI=1S/C10H11N3O3S2/c1-2-4-9(14)13-18(15,16)8-6-3-5-7-10(8)12-17-11-7/h3,5-6H,2,4H2,1H3,(H,13,14). The number of amides is 1. The number of carbonyl (C=O) groups excluding carboxylic acids is 1. The Hall–Kier alpha value is -1.54. The number of aromatic nitrogens is 2. The number of nitrogens with zero attached hydrogens (tertiary/aromatic N) is 2. The van der Waals surface area contributed by atoms with Crippen LogP contribution in [0.4, 0.5) is 0 Å². The Labute approximate surface area is 108 Å². The Bertz CT molecular complexity index is 678. The van der Waals surface area contributed by atoms with E-state index < -0.39 is 15.9 Å². The average Bonchev–Trinajstić information content (AvgIpc) is 2.75. The van der Waals surface area contributed by atoms with Gasteiger partial charge in [0.1, 0.15) is 15.9 Å². The average molecular weight is 285 g/mol. The molecule has 0 bridgehead atoms. The summed E-state index contributed by atoms with van der Waals surface area (Å²) in [7, 11) is -3.87. The SMILES string of the molecule is CCCC(=O)NS(=O)(=O)c1cccc2nsnc12. The van der Waals surface area contributed by atoms with Crippen LogP contribution in [0.2, 0.25) is 0 Å². The zero-order valence-corrected chi connectivity index (χ0v) is 11.2. The lowest BCUT2D eigenvalue weighted by molar-refractivity contribution is -0.119. The zero-order chi connectivity index (χ0) is 13.2. The van der Waals surface area contributed by atoms with E-state index in [1.807, 2.05) is 4.72 Å². The number of nitrogens with one attached hydrogen (secondary N) is 1. The van der Waals surface area contributed by atoms with Gasteiger partial charge >= 0.3 is 0 Å². The molecule has 2 aromatic rings. The van der Waals surface area contributed by atoms with Crippen molar-refractivity contribution in [3.05, 3.63) is 18.2 Å². The molecule has 0 atom stereocenters. The Morgan fingerprint density at radius 3 is 2.89 bits per heavy atom. The van der Waals surface area contributed by atoms with Crippen LogP contribution in [0.1, 0.15) is 19.8 Å². The van der Waals surface area contributed by atoms with Crippen LogP contribution >= 0.6 is 11.7 Å². The highest BCUT2D eigenvalue weighted by Gasteiger charge is 2.21. The number of rotatable bonds is 4. The molecule has 0 aliphatic rings. The van der Waals surface area contributed by atoms with Crippen LogP contribution in [-0.2, 0) is 14.8 Å². The molecule has 1 amide bonds. The minimum absolute atomic E-state index is 0.0156. The number of fused-ring (bicyclic) bond motifs is 1. The molecule has 0 saturated heterocycles. The first-order valence-electron chi connectivity index (χ1n) is 5.31. The van der Waals surface area contributed by atoms with Gasteiger partial charge in [-0.3, -0.25) is 4.79 Å². The Morgan fingerprint density at radius 1 is 1.39 bits per heavy atom. The molecule has 0 saturated carbocycles. The Morgan fingerprint density at radius 2 is 2.17 bits per heavy atom. The first kappa shape index (κ1) is 12.9. The smallest absolute Gasteiger partial charge is 0.266 e. The Balaban J connectivity index is 2.41. The van der Waals surface area contributed by atoms with Crippen LogP contribution in [0, 0.1) is 0 Å². The first-order valence-corrected chi connectivity index (χ1v) is 7.53. The Kier molecular flexibility index (Phi) is 3.58. The van der Waals surface area contributed by atoms with Crippen LogP contribution in [0.3, 0.4) is 0 Å². The van der Waals surface area contributed by atoms with Gasteiger partial charge in [0.25, 0.3) is 10.0 Å². The van der Waals surface area contributed by atoms with Crippen molar-refractivity contribution >= 4 is 38.7 Å². The summed E-state index contributed by atoms with van der Waals surface area (Å²) in [5.41, 5.74) is 0.796. The number of carbonyl (C=O) groups is 1. The highest BCUT2D eigenvalue weighted by Crippen LogP contribution is 2.20. The van der Waals surface area contributed by atoms with Crippen molar-refractivity contribution in [1.29, 1.82) is 0 Å². The second-order valence-electron chi connectivity index (χ2n) is 3.67. The predicted octanol–water partition coefficient (Wildman–Crippen LogP) is 1.30. The van der Waals surface area contributed by atoms with Gasteiger partial charge in [-0.2, -0.15) is 8.75 Å². The molecule has 18 heavy (non-hydrogen) atoms. The summed E-state index contributed by atoms with van der Waals surface area (Å²) in [4.78, 5) is 11.4. The third-order valence-electron chi connectivity index (χ3n) is 2.26. The van der Waals surface area contributed by atoms with Gasteiger partial charge < -0.3 is 0 Å². The molecule has 0 spiro atoms. The fourth-order valence-electron chi connectivity index (χ4n) is 1.48. The van der Waals surface area contributed by atoms with Crippen molar-refractivity contribution in [3.63, 3.8) is 0 Å². The maximum absolute atomic E-state index is 12.0. The quantitative estimate of drug-likeness (QED) is 0.914. The van der Waals surface area contributed by atoms with E-state index in [2.05, 4.69) is 8.75 Å². The maximum Gasteiger partial charge on any atom is 0.266 e. The lowest BCUT2D eigenvalue weighted by Gasteiger charge is -2.06. The molecule has 2 rings (SSSR count). The lowest BCUT2D eigenvalue weighted by atomic mass is 10.3. The molecule has 1 N–H and O–H groups in total. The van der Waals surface area contributed by atoms with Crippen molar-refractivity contribution in [1.82, 2.24) is 13.5 Å². The maximum atomic E-state index is 12.0. The second-order valence-corrected chi connectivity index (χ2v) is 5.85. The fourth-order valence-corrected chi connectivity index (χ4v) is 3.26. The van der Waals surface area contributed by atoms with Crippen molar-refractivity contribution in [2.24, 2.45) is 0 Å². The van der Waals surface area contributed by atoms with Crippen LogP contribution in [0.5, 0.6) is 0 Å². The zero-order valence-electron chi connectivity index (χ0n) is 9.58. The van der Waals surface area contributed by atoms with Crippen molar-refractivity contribution in [2.75, 3.05) is 0 Å². The number of sulfonamides is 1. The van der Waals surface area contributed by atoms with Gasteiger partial charge in [-0.15, -0.1) is 0 Å². The summed E-state index contributed by atoms with van der Waals surface area (Å²) < 4.78 is 34.0. The fraction of sp³-hybridized carbons (Fsp3) is 0.300. The van der Waals surface area contributed by atoms with Gasteiger partial charge in [0, 0.05) is 6.42 Å². The van der Waals surface area contributed by atoms with E-state index in [0.29, 0.717) is 17.5 Å². The van der Waals surface area contributed by atoms with Crippen LogP contribution in [0.15, 0.2) is 23.1 Å². The molecule has 0 unspecified atom stereocenters. The lowest BCUT2D eigenvalue weighted by Crippen LogP contribution is -2.30. The molecular weight excluding hydrogens is 274 g/mol. The van der Waals surface area contributed by atoms with E-state index in [1.165, 1.54) is 6.07 Å². The van der Waals surface area contributed by atoms with Gasteiger partial charge in [0.15, 0.2) is 0 Å². The molecule has 96 valence electrons. The molecule has 1 aromatic heterocycles. The van der Waals surface area contributed by atoms with E-state index in [9.17, 15) is 13.2 Å². The molecule has 0 radical (unpaired) electrons. The molecule has 1 aromatic carbocycles. The summed E-state index contributed by atoms with van der Waals surface area (Å²) >= 11 is 0.935. The van der Waals surface area contributed by atoms with E-state index in [-0.39, 0.29) is 11.3 Å². The second kappa shape index (κ2) is 4.99. The third kappa shape index (κ3) is 2.49. The third-order valence-corrected chi connectivity index (χ3v) is 4.21. The van der Waals surface area contributed by atoms with Gasteiger partial charge in [-0.25, -0.2) is 13.1 Å². The van der Waals surface area contributed by atoms with Crippen molar-refractivity contribution < 1.29 is 13.2 Å². The van der Waals surface area contributed by atoms with Crippen molar-refractivity contribution in [3.8, 4) is 0 Å². The molecule has 0 fully saturated rings. The number of hydrogen-bond acceptors (Lipinski definition) is 6. The van der Waals surface area contributed by atoms with Gasteiger partial charge in [0.05, 0.1) is 11.7 Å². The van der Waals surface area contributed by atoms with E-state index >= 15 is 0 Å². The minimum atomic E-state index is -3.87. The van der Waals surface area contributed by atoms with E-state index in [1.54, 1.807) is 19.1 Å². The molecular formula is C10H11N3O3S2. The first-order chi connectivity index (χ1) is 8.54. The molecule has 0 aliphatic carbocycles. The summed E-state index contributed by atoms with van der Waals surface area (Å²) in [6.45, 7) is 1.80. The summed E-state index contributed by atoms with van der Waals surface area (Å²) in [5, 5.41) is 0. The molecule has 0 aliphatic heterocycles. The van der Waals surface area contributed by atoms with Crippen LogP contribution < -0.4 is 4.72 Å². The summed E-state index contributed by atoms with van der Waals surface area (Å²) in [6.07, 6.45) is 0.758. The van der Waals surface area contributed by atoms with Gasteiger partial charge in [-0.05, 0) is 18.6 Å². The van der Waals surface area contributed by atoms with E-state index in [0.717, 1.165) is 11.7 Å². The van der Waals surface area contributed by atoms with Gasteiger partial charge in [-0.1, -0.05) is 13.0 Å². The summed E-state index contributed by atoms with van der Waals surface area (Å²) in [5.74, 6) is -0.516. The van der Waals surface area contributed by atoms with Crippen molar-refractivity contribution in [2.45, 2.75) is 24.7 Å². The van der Waals surface area contributed by atoms with Gasteiger partial charge in [0.2, 0.25) is 5.91 Å². The largest absolute Gasteiger partial charge is 0.274 e. The normalized spacial score (nSPS) is 11.6. The summed E-state index contributed by atoms with van der Waals surface area (Å²) in [6, 6.07) is 4.65. The monoisotopic (exact) mass is 285 g/mol. The topological polar surface area (TPSA) is 89.0 Å². The highest BCUT2D eigenvalue weighted by atomic mass is 32.2. The number of hydrogen-bond donors (Lipinski definition) is 1. The van der Waals surface area contributed by atoms with Crippen LogP contribution in [0.25, 0.3) is 11.0 Å². The van der Waals surface area contributed by atoms with E-state index in [4.69, 9.17) is 0 Å². The predicted molar refractivity (Wildman–Crippen MR) is 67.7 cm³/mol.